The summed E-state index contributed by atoms with van der Waals surface area (Å²) in [7, 11) is 0. The number of aryl methyl sites for hydroxylation is 1. The normalized spacial score (nSPS) is 10.6. The number of benzene rings is 1. The van der Waals surface area contributed by atoms with Crippen LogP contribution in [0.1, 0.15) is 25.8 Å². The molecule has 0 amide bonds. The second-order valence-corrected chi connectivity index (χ2v) is 5.45. The first-order chi connectivity index (χ1) is 7.18. The molecule has 0 bridgehead atoms. The van der Waals surface area contributed by atoms with Crippen molar-refractivity contribution in [3.05, 3.63) is 35.9 Å². The van der Waals surface area contributed by atoms with Crippen LogP contribution in [0.15, 0.2) is 30.3 Å². The Morgan fingerprint density at radius 3 is 2.53 bits per heavy atom. The van der Waals surface area contributed by atoms with Crippen LogP contribution in [0.4, 0.5) is 0 Å². The van der Waals surface area contributed by atoms with E-state index in [9.17, 15) is 4.79 Å². The van der Waals surface area contributed by atoms with Gasteiger partial charge in [0.1, 0.15) is 5.78 Å². The summed E-state index contributed by atoms with van der Waals surface area (Å²) in [6.45, 7) is 4.24. The number of thioether (sulfide) groups is 1. The van der Waals surface area contributed by atoms with Gasteiger partial charge in [0.2, 0.25) is 0 Å². The van der Waals surface area contributed by atoms with Gasteiger partial charge in [0, 0.05) is 6.42 Å². The van der Waals surface area contributed by atoms with Crippen LogP contribution in [0, 0.1) is 0 Å². The first kappa shape index (κ1) is 12.3. The van der Waals surface area contributed by atoms with Gasteiger partial charge in [-0.2, -0.15) is 11.8 Å². The third kappa shape index (κ3) is 5.63. The maximum absolute atomic E-state index is 11.5. The van der Waals surface area contributed by atoms with Gasteiger partial charge in [0.05, 0.1) is 5.75 Å². The Kier molecular flexibility index (Phi) is 5.48. The van der Waals surface area contributed by atoms with Gasteiger partial charge in [-0.05, 0) is 17.2 Å². The van der Waals surface area contributed by atoms with Gasteiger partial charge in [-0.1, -0.05) is 44.2 Å². The molecule has 0 fully saturated rings. The van der Waals surface area contributed by atoms with Crippen LogP contribution in [0.25, 0.3) is 0 Å². The SMILES string of the molecule is CC(C)SCC(=O)CCc1ccccc1. The molecule has 0 unspecified atom stereocenters. The van der Waals surface area contributed by atoms with Gasteiger partial charge in [-0.15, -0.1) is 0 Å². The Bertz CT molecular complexity index is 293. The number of carbonyl (C=O) groups excluding carboxylic acids is 1. The molecule has 0 atom stereocenters. The molecular weight excluding hydrogens is 204 g/mol. The van der Waals surface area contributed by atoms with E-state index in [0.717, 1.165) is 6.42 Å². The lowest BCUT2D eigenvalue weighted by Crippen LogP contribution is -2.05. The molecule has 1 aromatic carbocycles. The Hall–Kier alpha value is -0.760. The first-order valence-corrected chi connectivity index (χ1v) is 6.40. The fraction of sp³-hybridized carbons (Fsp3) is 0.462. The molecule has 1 aromatic rings. The van der Waals surface area contributed by atoms with Gasteiger partial charge in [0.25, 0.3) is 0 Å². The molecule has 0 radical (unpaired) electrons. The molecule has 0 spiro atoms. The highest BCUT2D eigenvalue weighted by Crippen LogP contribution is 2.11. The smallest absolute Gasteiger partial charge is 0.143 e. The lowest BCUT2D eigenvalue weighted by molar-refractivity contribution is -0.116. The van der Waals surface area contributed by atoms with E-state index in [1.54, 1.807) is 11.8 Å². The van der Waals surface area contributed by atoms with E-state index >= 15 is 0 Å². The quantitative estimate of drug-likeness (QED) is 0.734. The molecule has 1 nitrogen and oxygen atoms in total. The molecule has 0 saturated heterocycles. The maximum Gasteiger partial charge on any atom is 0.143 e. The standard InChI is InChI=1S/C13H18OS/c1-11(2)15-10-13(14)9-8-12-6-4-3-5-7-12/h3-7,11H,8-10H2,1-2H3. The monoisotopic (exact) mass is 222 g/mol. The Morgan fingerprint density at radius 1 is 1.27 bits per heavy atom. The highest BCUT2D eigenvalue weighted by Gasteiger charge is 2.04. The molecule has 82 valence electrons. The van der Waals surface area contributed by atoms with E-state index in [4.69, 9.17) is 0 Å². The van der Waals surface area contributed by atoms with Crippen LogP contribution >= 0.6 is 11.8 Å². The topological polar surface area (TPSA) is 17.1 Å². The minimum absolute atomic E-state index is 0.359. The zero-order valence-corrected chi connectivity index (χ0v) is 10.2. The van der Waals surface area contributed by atoms with Crippen molar-refractivity contribution < 1.29 is 4.79 Å². The summed E-state index contributed by atoms with van der Waals surface area (Å²) in [4.78, 5) is 11.5. The van der Waals surface area contributed by atoms with Gasteiger partial charge in [0.15, 0.2) is 0 Å². The predicted molar refractivity (Wildman–Crippen MR) is 67.4 cm³/mol. The first-order valence-electron chi connectivity index (χ1n) is 5.35. The third-order valence-electron chi connectivity index (χ3n) is 2.11. The van der Waals surface area contributed by atoms with Gasteiger partial charge in [-0.3, -0.25) is 4.79 Å². The second-order valence-electron chi connectivity index (χ2n) is 3.88. The summed E-state index contributed by atoms with van der Waals surface area (Å²) in [5.41, 5.74) is 1.25. The number of hydrogen-bond donors (Lipinski definition) is 0. The van der Waals surface area contributed by atoms with Crippen LogP contribution in [0.3, 0.4) is 0 Å². The minimum Gasteiger partial charge on any atom is -0.299 e. The van der Waals surface area contributed by atoms with E-state index in [1.165, 1.54) is 5.56 Å². The molecule has 15 heavy (non-hydrogen) atoms. The summed E-state index contributed by atoms with van der Waals surface area (Å²) in [5.74, 6) is 1.02. The van der Waals surface area contributed by atoms with E-state index in [0.29, 0.717) is 23.2 Å². The second kappa shape index (κ2) is 6.67. The van der Waals surface area contributed by atoms with Gasteiger partial charge < -0.3 is 0 Å². The van der Waals surface area contributed by atoms with E-state index < -0.39 is 0 Å². The summed E-state index contributed by atoms with van der Waals surface area (Å²) in [6, 6.07) is 10.2. The number of hydrogen-bond acceptors (Lipinski definition) is 2. The number of rotatable bonds is 6. The minimum atomic E-state index is 0.359. The largest absolute Gasteiger partial charge is 0.299 e. The van der Waals surface area contributed by atoms with Crippen molar-refractivity contribution in [2.75, 3.05) is 5.75 Å². The summed E-state index contributed by atoms with van der Waals surface area (Å²) >= 11 is 1.72. The molecule has 1 rings (SSSR count). The molecule has 0 N–H and O–H groups in total. The van der Waals surface area contributed by atoms with Crippen molar-refractivity contribution in [3.63, 3.8) is 0 Å². The van der Waals surface area contributed by atoms with Gasteiger partial charge in [-0.25, -0.2) is 0 Å². The average molecular weight is 222 g/mol. The van der Waals surface area contributed by atoms with Crippen molar-refractivity contribution in [1.29, 1.82) is 0 Å². The molecule has 0 saturated carbocycles. The third-order valence-corrected chi connectivity index (χ3v) is 3.27. The Morgan fingerprint density at radius 2 is 1.93 bits per heavy atom. The highest BCUT2D eigenvalue weighted by molar-refractivity contribution is 8.00. The summed E-state index contributed by atoms with van der Waals surface area (Å²) < 4.78 is 0. The predicted octanol–water partition coefficient (Wildman–Crippen LogP) is 3.33. The molecule has 0 aliphatic heterocycles. The lowest BCUT2D eigenvalue weighted by atomic mass is 10.1. The van der Waals surface area contributed by atoms with Crippen molar-refractivity contribution in [3.8, 4) is 0 Å². The Labute approximate surface area is 96.3 Å². The average Bonchev–Trinajstić information content (AvgIpc) is 2.25. The zero-order valence-electron chi connectivity index (χ0n) is 9.40. The maximum atomic E-state index is 11.5. The zero-order chi connectivity index (χ0) is 11.1. The van der Waals surface area contributed by atoms with Crippen molar-refractivity contribution in [2.24, 2.45) is 0 Å². The fourth-order valence-electron chi connectivity index (χ4n) is 1.26. The number of carbonyl (C=O) groups is 1. The van der Waals surface area contributed by atoms with Crippen molar-refractivity contribution in [1.82, 2.24) is 0 Å². The van der Waals surface area contributed by atoms with E-state index in [-0.39, 0.29) is 0 Å². The van der Waals surface area contributed by atoms with E-state index in [2.05, 4.69) is 26.0 Å². The van der Waals surface area contributed by atoms with Crippen molar-refractivity contribution >= 4 is 17.5 Å². The van der Waals surface area contributed by atoms with Crippen LogP contribution in [0.5, 0.6) is 0 Å². The summed E-state index contributed by atoms with van der Waals surface area (Å²) in [5, 5.41) is 0.547. The lowest BCUT2D eigenvalue weighted by Gasteiger charge is -2.04. The number of Topliss-reactive ketones (excluding diaryl/α,β-unsaturated/α-hetero) is 1. The summed E-state index contributed by atoms with van der Waals surface area (Å²) in [6.07, 6.45) is 1.54. The molecule has 2 heteroatoms. The van der Waals surface area contributed by atoms with Crippen LogP contribution in [0.2, 0.25) is 0 Å². The fourth-order valence-corrected chi connectivity index (χ4v) is 1.92. The Balaban J connectivity index is 2.23. The molecule has 0 aromatic heterocycles. The van der Waals surface area contributed by atoms with Gasteiger partial charge >= 0.3 is 0 Å². The highest BCUT2D eigenvalue weighted by atomic mass is 32.2. The molecule has 0 aliphatic carbocycles. The van der Waals surface area contributed by atoms with Crippen LogP contribution in [-0.4, -0.2) is 16.8 Å². The number of ketones is 1. The molecule has 0 aliphatic rings. The van der Waals surface area contributed by atoms with Crippen LogP contribution in [-0.2, 0) is 11.2 Å². The van der Waals surface area contributed by atoms with Crippen LogP contribution < -0.4 is 0 Å². The molecular formula is C13H18OS. The molecule has 0 heterocycles. The van der Waals surface area contributed by atoms with Crippen molar-refractivity contribution in [2.45, 2.75) is 31.9 Å². The van der Waals surface area contributed by atoms with E-state index in [1.807, 2.05) is 18.2 Å².